The van der Waals surface area contributed by atoms with Crippen LogP contribution >= 0.6 is 15.9 Å². The van der Waals surface area contributed by atoms with Crippen molar-refractivity contribution in [1.82, 2.24) is 9.47 Å². The summed E-state index contributed by atoms with van der Waals surface area (Å²) in [6.07, 6.45) is 0. The van der Waals surface area contributed by atoms with Gasteiger partial charge in [0.1, 0.15) is 28.5 Å². The number of aryl methyl sites for hydroxylation is 1. The van der Waals surface area contributed by atoms with Crippen LogP contribution in [0.2, 0.25) is 0 Å². The first-order valence-electron chi connectivity index (χ1n) is 10.8. The lowest BCUT2D eigenvalue weighted by molar-refractivity contribution is 0.0303. The van der Waals surface area contributed by atoms with Crippen LogP contribution in [0.25, 0.3) is 0 Å². The summed E-state index contributed by atoms with van der Waals surface area (Å²) >= 11 is 3.28. The smallest absolute Gasteiger partial charge is 0.269 e. The molecule has 4 rings (SSSR count). The fraction of sp³-hybridized carbons (Fsp3) is 0.280. The van der Waals surface area contributed by atoms with Crippen LogP contribution in [0, 0.1) is 18.6 Å². The van der Waals surface area contributed by atoms with Crippen molar-refractivity contribution in [3.05, 3.63) is 97.4 Å². The fourth-order valence-electron chi connectivity index (χ4n) is 3.70. The molecule has 2 heterocycles. The Labute approximate surface area is 203 Å². The number of rotatable bonds is 6. The second-order valence-electron chi connectivity index (χ2n) is 7.98. The highest BCUT2D eigenvalue weighted by atomic mass is 79.9. The molecule has 6 nitrogen and oxygen atoms in total. The number of pyridine rings is 1. The summed E-state index contributed by atoms with van der Waals surface area (Å²) in [6.45, 7) is 4.17. The molecule has 0 unspecified atom stereocenters. The largest absolute Gasteiger partial charge is 0.487 e. The van der Waals surface area contributed by atoms with E-state index in [4.69, 9.17) is 9.47 Å². The summed E-state index contributed by atoms with van der Waals surface area (Å²) in [7, 11) is 0. The molecule has 1 aliphatic rings. The van der Waals surface area contributed by atoms with Gasteiger partial charge < -0.3 is 18.9 Å². The number of morpholine rings is 1. The number of benzene rings is 2. The molecule has 0 aliphatic carbocycles. The number of hydrogen-bond donors (Lipinski definition) is 0. The Kier molecular flexibility index (Phi) is 7.43. The second kappa shape index (κ2) is 10.5. The molecule has 0 atom stereocenters. The molecule has 1 fully saturated rings. The normalized spacial score (nSPS) is 13.7. The number of ether oxygens (including phenoxy) is 2. The third-order valence-electron chi connectivity index (χ3n) is 5.65. The van der Waals surface area contributed by atoms with Crippen LogP contribution in [0.1, 0.15) is 27.2 Å². The zero-order valence-corrected chi connectivity index (χ0v) is 20.1. The lowest BCUT2D eigenvalue weighted by Gasteiger charge is -2.26. The Hall–Kier alpha value is -3.04. The number of nitrogens with zero attached hydrogens (tertiary/aromatic N) is 2. The predicted octanol–water partition coefficient (Wildman–Crippen LogP) is 4.30. The molecule has 1 saturated heterocycles. The quantitative estimate of drug-likeness (QED) is 0.475. The van der Waals surface area contributed by atoms with Gasteiger partial charge in [-0.2, -0.15) is 0 Å². The third kappa shape index (κ3) is 5.37. The third-order valence-corrected chi connectivity index (χ3v) is 6.38. The van der Waals surface area contributed by atoms with Crippen molar-refractivity contribution in [2.45, 2.75) is 20.1 Å². The minimum Gasteiger partial charge on any atom is -0.487 e. The molecule has 34 heavy (non-hydrogen) atoms. The van der Waals surface area contributed by atoms with Crippen molar-refractivity contribution in [1.29, 1.82) is 0 Å². The van der Waals surface area contributed by atoms with Gasteiger partial charge >= 0.3 is 0 Å². The van der Waals surface area contributed by atoms with E-state index in [1.807, 2.05) is 12.1 Å². The Morgan fingerprint density at radius 2 is 1.79 bits per heavy atom. The van der Waals surface area contributed by atoms with E-state index in [0.29, 0.717) is 44.1 Å². The first-order chi connectivity index (χ1) is 16.3. The van der Waals surface area contributed by atoms with Crippen LogP contribution in [0.4, 0.5) is 8.78 Å². The maximum absolute atomic E-state index is 13.9. The summed E-state index contributed by atoms with van der Waals surface area (Å²) in [4.78, 5) is 27.3. The molecule has 178 valence electrons. The van der Waals surface area contributed by atoms with Crippen molar-refractivity contribution in [3.8, 4) is 5.75 Å². The van der Waals surface area contributed by atoms with E-state index in [0.717, 1.165) is 17.7 Å². The topological polar surface area (TPSA) is 60.8 Å². The molecule has 9 heteroatoms. The summed E-state index contributed by atoms with van der Waals surface area (Å²) < 4.78 is 39.7. The molecule has 1 aromatic heterocycles. The van der Waals surface area contributed by atoms with Crippen molar-refractivity contribution >= 4 is 21.8 Å². The van der Waals surface area contributed by atoms with Gasteiger partial charge in [-0.3, -0.25) is 9.59 Å². The summed E-state index contributed by atoms with van der Waals surface area (Å²) in [5, 5.41) is 0. The van der Waals surface area contributed by atoms with Gasteiger partial charge in [0.15, 0.2) is 0 Å². The van der Waals surface area contributed by atoms with Crippen molar-refractivity contribution in [3.63, 3.8) is 0 Å². The van der Waals surface area contributed by atoms with Crippen LogP contribution in [0.15, 0.2) is 57.8 Å². The first-order valence-corrected chi connectivity index (χ1v) is 11.6. The Morgan fingerprint density at radius 3 is 2.47 bits per heavy atom. The molecular weight excluding hydrogens is 510 g/mol. The molecular formula is C25H23BrF2N2O4. The number of carbonyl (C=O) groups is 1. The highest BCUT2D eigenvalue weighted by Gasteiger charge is 2.19. The summed E-state index contributed by atoms with van der Waals surface area (Å²) in [5.74, 6) is -1.14. The van der Waals surface area contributed by atoms with Gasteiger partial charge in [0.05, 0.1) is 19.8 Å². The molecule has 0 spiro atoms. The molecule has 0 bridgehead atoms. The maximum Gasteiger partial charge on any atom is 0.269 e. The molecule has 0 saturated carbocycles. The molecule has 0 N–H and O–H groups in total. The average Bonchev–Trinajstić information content (AvgIpc) is 2.84. The summed E-state index contributed by atoms with van der Waals surface area (Å²) in [5.41, 5.74) is 1.98. The van der Waals surface area contributed by atoms with Gasteiger partial charge in [0.2, 0.25) is 0 Å². The number of hydrogen-bond acceptors (Lipinski definition) is 4. The number of aromatic nitrogens is 1. The minimum atomic E-state index is -0.711. The lowest BCUT2D eigenvalue weighted by atomic mass is 10.1. The van der Waals surface area contributed by atoms with Gasteiger partial charge in [0.25, 0.3) is 11.5 Å². The highest BCUT2D eigenvalue weighted by Crippen LogP contribution is 2.24. The van der Waals surface area contributed by atoms with Crippen LogP contribution in [-0.4, -0.2) is 41.7 Å². The Bertz CT molecular complexity index is 1260. The van der Waals surface area contributed by atoms with Gasteiger partial charge in [-0.05, 0) is 52.7 Å². The second-order valence-corrected chi connectivity index (χ2v) is 8.77. The van der Waals surface area contributed by atoms with E-state index in [1.165, 1.54) is 6.07 Å². The molecule has 1 aliphatic heterocycles. The minimum absolute atomic E-state index is 0.0370. The Morgan fingerprint density at radius 1 is 1.09 bits per heavy atom. The van der Waals surface area contributed by atoms with Crippen LogP contribution in [0.5, 0.6) is 5.75 Å². The van der Waals surface area contributed by atoms with Crippen LogP contribution in [-0.2, 0) is 17.9 Å². The number of carbonyl (C=O) groups excluding carboxylic acids is 1. The lowest BCUT2D eigenvalue weighted by Crippen LogP contribution is -2.40. The van der Waals surface area contributed by atoms with E-state index in [9.17, 15) is 18.4 Å². The van der Waals surface area contributed by atoms with Gasteiger partial charge in [-0.1, -0.05) is 12.1 Å². The van der Waals surface area contributed by atoms with E-state index in [1.54, 1.807) is 34.6 Å². The first kappa shape index (κ1) is 24.1. The van der Waals surface area contributed by atoms with E-state index in [2.05, 4.69) is 15.9 Å². The molecule has 3 aromatic rings. The van der Waals surface area contributed by atoms with E-state index < -0.39 is 11.6 Å². The van der Waals surface area contributed by atoms with E-state index >= 15 is 0 Å². The van der Waals surface area contributed by atoms with Crippen molar-refractivity contribution < 1.29 is 23.0 Å². The highest BCUT2D eigenvalue weighted by molar-refractivity contribution is 9.10. The Balaban J connectivity index is 1.47. The SMILES string of the molecule is Cc1cc(OCc2ccc(F)cc2F)c(Br)c(=O)n1Cc1ccc(C(=O)N2CCOCC2)cc1. The van der Waals surface area contributed by atoms with E-state index in [-0.39, 0.29) is 33.9 Å². The fourth-order valence-corrected chi connectivity index (χ4v) is 4.14. The summed E-state index contributed by atoms with van der Waals surface area (Å²) in [6, 6.07) is 12.1. The van der Waals surface area contributed by atoms with Gasteiger partial charge in [-0.15, -0.1) is 0 Å². The van der Waals surface area contributed by atoms with Crippen LogP contribution < -0.4 is 10.3 Å². The number of halogens is 3. The van der Waals surface area contributed by atoms with Gasteiger partial charge in [-0.25, -0.2) is 8.78 Å². The standard InChI is InChI=1S/C25H23BrF2N2O4/c1-16-12-22(34-15-19-6-7-20(27)13-21(19)28)23(26)25(32)30(16)14-17-2-4-18(5-3-17)24(31)29-8-10-33-11-9-29/h2-7,12-13H,8-11,14-15H2,1H3. The number of amides is 1. The zero-order chi connectivity index (χ0) is 24.2. The van der Waals surface area contributed by atoms with Crippen molar-refractivity contribution in [2.75, 3.05) is 26.3 Å². The maximum atomic E-state index is 13.9. The zero-order valence-electron chi connectivity index (χ0n) is 18.5. The van der Waals surface area contributed by atoms with Crippen molar-refractivity contribution in [2.24, 2.45) is 0 Å². The molecule has 2 aromatic carbocycles. The van der Waals surface area contributed by atoms with Crippen LogP contribution in [0.3, 0.4) is 0 Å². The average molecular weight is 533 g/mol. The van der Waals surface area contributed by atoms with Gasteiger partial charge in [0, 0.05) is 42.0 Å². The monoisotopic (exact) mass is 532 g/mol. The molecule has 0 radical (unpaired) electrons. The predicted molar refractivity (Wildman–Crippen MR) is 126 cm³/mol. The molecule has 1 amide bonds.